The Labute approximate surface area is 183 Å². The number of urea groups is 1. The number of carbonyl (C=O) groups excluding carboxylic acids is 1. The van der Waals surface area contributed by atoms with Crippen LogP contribution < -0.4 is 14.8 Å². The lowest BCUT2D eigenvalue weighted by Gasteiger charge is -2.16. The van der Waals surface area contributed by atoms with Crippen LogP contribution in [0.3, 0.4) is 0 Å². The van der Waals surface area contributed by atoms with Gasteiger partial charge in [0.2, 0.25) is 0 Å². The summed E-state index contributed by atoms with van der Waals surface area (Å²) >= 11 is 6.13. The van der Waals surface area contributed by atoms with Crippen LogP contribution in [0.1, 0.15) is 18.1 Å². The third-order valence-corrected chi connectivity index (χ3v) is 6.65. The first-order chi connectivity index (χ1) is 14.3. The summed E-state index contributed by atoms with van der Waals surface area (Å²) in [7, 11) is 0.0817. The van der Waals surface area contributed by atoms with Crippen LogP contribution in [0.2, 0.25) is 5.02 Å². The van der Waals surface area contributed by atoms with Gasteiger partial charge in [-0.25, -0.2) is 17.9 Å². The molecule has 0 saturated heterocycles. The first-order valence-electron chi connectivity index (χ1n) is 9.20. The van der Waals surface area contributed by atoms with Crippen molar-refractivity contribution in [3.05, 3.63) is 64.7 Å². The zero-order valence-electron chi connectivity index (χ0n) is 16.5. The number of benzene rings is 3. The second-order valence-corrected chi connectivity index (χ2v) is 9.12. The monoisotopic (exact) mass is 464 g/mol. The molecule has 2 amide bonds. The molecule has 0 fully saturated rings. The molecule has 0 radical (unpaired) electrons. The van der Waals surface area contributed by atoms with E-state index >= 15 is 0 Å². The van der Waals surface area contributed by atoms with Crippen molar-refractivity contribution in [3.8, 4) is 5.75 Å². The molecule has 6 nitrogen and oxygen atoms in total. The molecular weight excluding hydrogens is 443 g/mol. The Kier molecular flexibility index (Phi) is 6.86. The molecule has 0 spiro atoms. The third kappa shape index (κ3) is 4.86. The Balaban J connectivity index is 1.85. The summed E-state index contributed by atoms with van der Waals surface area (Å²) in [4.78, 5) is 12.5. The summed E-state index contributed by atoms with van der Waals surface area (Å²) < 4.78 is 32.7. The highest BCUT2D eigenvalue weighted by atomic mass is 35.5. The molecule has 1 atom stereocenters. The van der Waals surface area contributed by atoms with Gasteiger partial charge in [-0.1, -0.05) is 30.7 Å². The molecule has 3 rings (SSSR count). The predicted molar refractivity (Wildman–Crippen MR) is 124 cm³/mol. The number of methoxy groups -OCH3 is 1. The van der Waals surface area contributed by atoms with Crippen molar-refractivity contribution in [2.45, 2.75) is 24.4 Å². The maximum atomic E-state index is 12.7. The van der Waals surface area contributed by atoms with Gasteiger partial charge in [0, 0.05) is 10.7 Å². The SMILES string of the molecule is CCc1cc(Cl)cc(CP)c1NC(=O)NS(=O)(=O)c1ccc2cc(OC)ccc2c1. The third-order valence-electron chi connectivity index (χ3n) is 4.66. The van der Waals surface area contributed by atoms with Crippen molar-refractivity contribution in [2.24, 2.45) is 0 Å². The fourth-order valence-corrected chi connectivity index (χ4v) is 4.67. The number of anilines is 1. The zero-order valence-corrected chi connectivity index (χ0v) is 19.3. The Bertz CT molecular complexity index is 1190. The smallest absolute Gasteiger partial charge is 0.333 e. The van der Waals surface area contributed by atoms with Gasteiger partial charge >= 0.3 is 6.03 Å². The van der Waals surface area contributed by atoms with E-state index in [2.05, 4.69) is 19.3 Å². The molecule has 2 N–H and O–H groups in total. The number of sulfonamides is 1. The molecule has 30 heavy (non-hydrogen) atoms. The molecule has 0 aromatic heterocycles. The summed E-state index contributed by atoms with van der Waals surface area (Å²) in [5.74, 6) is 0.676. The zero-order chi connectivity index (χ0) is 21.9. The van der Waals surface area contributed by atoms with E-state index in [9.17, 15) is 13.2 Å². The van der Waals surface area contributed by atoms with Crippen molar-refractivity contribution >= 4 is 53.4 Å². The molecule has 0 aliphatic rings. The average Bonchev–Trinajstić information content (AvgIpc) is 2.73. The lowest BCUT2D eigenvalue weighted by Crippen LogP contribution is -2.34. The van der Waals surface area contributed by atoms with Crippen molar-refractivity contribution in [1.29, 1.82) is 0 Å². The Morgan fingerprint density at radius 1 is 1.07 bits per heavy atom. The molecule has 0 aliphatic carbocycles. The number of aryl methyl sites for hydroxylation is 1. The van der Waals surface area contributed by atoms with E-state index in [1.807, 2.05) is 13.0 Å². The van der Waals surface area contributed by atoms with E-state index in [4.69, 9.17) is 16.3 Å². The van der Waals surface area contributed by atoms with E-state index in [0.29, 0.717) is 29.0 Å². The average molecular weight is 465 g/mol. The number of amides is 2. The number of halogens is 1. The van der Waals surface area contributed by atoms with E-state index < -0.39 is 16.1 Å². The van der Waals surface area contributed by atoms with Crippen LogP contribution in [0.25, 0.3) is 10.8 Å². The van der Waals surface area contributed by atoms with Crippen LogP contribution in [0.15, 0.2) is 53.4 Å². The minimum Gasteiger partial charge on any atom is -0.497 e. The van der Waals surface area contributed by atoms with Crippen molar-refractivity contribution in [1.82, 2.24) is 4.72 Å². The highest BCUT2D eigenvalue weighted by Crippen LogP contribution is 2.29. The van der Waals surface area contributed by atoms with E-state index in [0.717, 1.165) is 21.9 Å². The molecular formula is C21H22ClN2O4PS. The number of fused-ring (bicyclic) bond motifs is 1. The largest absolute Gasteiger partial charge is 0.497 e. The topological polar surface area (TPSA) is 84.5 Å². The number of hydrogen-bond acceptors (Lipinski definition) is 4. The van der Waals surface area contributed by atoms with Crippen LogP contribution in [0, 0.1) is 0 Å². The highest BCUT2D eigenvalue weighted by Gasteiger charge is 2.20. The standard InChI is InChI=1S/C21H22ClN2O4PS/c1-3-13-8-17(22)9-16(12-29)20(13)23-21(25)24-30(26,27)19-7-5-14-10-18(28-2)6-4-15(14)11-19/h4-11H,3,12,29H2,1-2H3,(H2,23,24,25). The van der Waals surface area contributed by atoms with Gasteiger partial charge in [0.15, 0.2) is 0 Å². The first kappa shape index (κ1) is 22.3. The molecule has 9 heteroatoms. The summed E-state index contributed by atoms with van der Waals surface area (Å²) in [6.45, 7) is 1.93. The number of ether oxygens (including phenoxy) is 1. The predicted octanol–water partition coefficient (Wildman–Crippen LogP) is 4.95. The minimum atomic E-state index is -4.06. The van der Waals surface area contributed by atoms with Crippen molar-refractivity contribution < 1.29 is 17.9 Å². The van der Waals surface area contributed by atoms with E-state index in [1.165, 1.54) is 12.1 Å². The lowest BCUT2D eigenvalue weighted by atomic mass is 10.1. The Morgan fingerprint density at radius 3 is 2.40 bits per heavy atom. The highest BCUT2D eigenvalue weighted by molar-refractivity contribution is 7.90. The van der Waals surface area contributed by atoms with Crippen LogP contribution in [0.4, 0.5) is 10.5 Å². The van der Waals surface area contributed by atoms with Gasteiger partial charge < -0.3 is 10.1 Å². The van der Waals surface area contributed by atoms with Gasteiger partial charge in [0.05, 0.1) is 12.0 Å². The maximum Gasteiger partial charge on any atom is 0.333 e. The van der Waals surface area contributed by atoms with Gasteiger partial charge in [-0.15, -0.1) is 9.24 Å². The second kappa shape index (κ2) is 9.21. The van der Waals surface area contributed by atoms with Crippen LogP contribution in [-0.2, 0) is 22.6 Å². The molecule has 0 heterocycles. The van der Waals surface area contributed by atoms with Gasteiger partial charge in [-0.3, -0.25) is 0 Å². The normalized spacial score (nSPS) is 11.3. The molecule has 0 saturated carbocycles. The number of carbonyl (C=O) groups is 1. The van der Waals surface area contributed by atoms with Crippen molar-refractivity contribution in [2.75, 3.05) is 12.4 Å². The van der Waals surface area contributed by atoms with Crippen molar-refractivity contribution in [3.63, 3.8) is 0 Å². The second-order valence-electron chi connectivity index (χ2n) is 6.59. The molecule has 0 aliphatic heterocycles. The summed E-state index contributed by atoms with van der Waals surface area (Å²) in [5.41, 5.74) is 2.19. The minimum absolute atomic E-state index is 0.00610. The van der Waals surface area contributed by atoms with Gasteiger partial charge in [0.1, 0.15) is 5.75 Å². The van der Waals surface area contributed by atoms with Crippen LogP contribution in [0.5, 0.6) is 5.75 Å². The first-order valence-corrected chi connectivity index (χ1v) is 11.9. The summed E-state index contributed by atoms with van der Waals surface area (Å²) in [6.07, 6.45) is 1.19. The fraction of sp³-hybridized carbons (Fsp3) is 0.190. The summed E-state index contributed by atoms with van der Waals surface area (Å²) in [5, 5.41) is 4.78. The van der Waals surface area contributed by atoms with E-state index in [-0.39, 0.29) is 4.90 Å². The van der Waals surface area contributed by atoms with Gasteiger partial charge in [-0.2, -0.15) is 0 Å². The van der Waals surface area contributed by atoms with Crippen LogP contribution in [-0.4, -0.2) is 21.6 Å². The Morgan fingerprint density at radius 2 is 1.73 bits per heavy atom. The number of nitrogens with one attached hydrogen (secondary N) is 2. The maximum absolute atomic E-state index is 12.7. The van der Waals surface area contributed by atoms with E-state index in [1.54, 1.807) is 37.4 Å². The molecule has 3 aromatic rings. The molecule has 0 bridgehead atoms. The van der Waals surface area contributed by atoms with Gasteiger partial charge in [0.25, 0.3) is 10.0 Å². The molecule has 158 valence electrons. The molecule has 3 aromatic carbocycles. The number of hydrogen-bond donors (Lipinski definition) is 2. The quantitative estimate of drug-likeness (QED) is 0.505. The summed E-state index contributed by atoms with van der Waals surface area (Å²) in [6, 6.07) is 12.6. The lowest BCUT2D eigenvalue weighted by molar-refractivity contribution is 0.256. The molecule has 1 unspecified atom stereocenters. The fourth-order valence-electron chi connectivity index (χ4n) is 3.14. The number of rotatable bonds is 6. The van der Waals surface area contributed by atoms with Gasteiger partial charge in [-0.05, 0) is 70.9 Å². The van der Waals surface area contributed by atoms with Crippen LogP contribution >= 0.6 is 20.8 Å². The Hall–Kier alpha value is -2.34.